The van der Waals surface area contributed by atoms with Crippen LogP contribution in [0.4, 0.5) is 4.79 Å². The first-order valence-corrected chi connectivity index (χ1v) is 12.5. The van der Waals surface area contributed by atoms with Crippen LogP contribution in [0, 0.1) is 5.41 Å². The van der Waals surface area contributed by atoms with Gasteiger partial charge in [-0.25, -0.2) is 4.79 Å². The Balaban J connectivity index is 1.40. The number of hydrogen-bond donors (Lipinski definition) is 2. The van der Waals surface area contributed by atoms with Gasteiger partial charge < -0.3 is 20.1 Å². The van der Waals surface area contributed by atoms with Gasteiger partial charge in [0, 0.05) is 19.0 Å². The molecule has 1 saturated heterocycles. The number of carbonyl (C=O) groups is 3. The van der Waals surface area contributed by atoms with E-state index < -0.39 is 23.5 Å². The van der Waals surface area contributed by atoms with Crippen LogP contribution in [-0.4, -0.2) is 53.7 Å². The minimum Gasteiger partial charge on any atom is -0.481 e. The van der Waals surface area contributed by atoms with Crippen molar-refractivity contribution in [1.29, 1.82) is 0 Å². The molecule has 1 aliphatic carbocycles. The number of fused-ring (bicyclic) bond motifs is 3. The fraction of sp³-hybridized carbons (Fsp3) is 0.464. The second-order valence-electron chi connectivity index (χ2n) is 9.66. The van der Waals surface area contributed by atoms with Crippen molar-refractivity contribution in [3.05, 3.63) is 59.7 Å². The number of amides is 2. The number of benzene rings is 2. The highest BCUT2D eigenvalue weighted by Crippen LogP contribution is 2.44. The van der Waals surface area contributed by atoms with E-state index in [9.17, 15) is 19.5 Å². The number of hydrogen-bond acceptors (Lipinski definition) is 4. The summed E-state index contributed by atoms with van der Waals surface area (Å²) in [6, 6.07) is 15.5. The molecule has 2 aromatic carbocycles. The van der Waals surface area contributed by atoms with Crippen LogP contribution in [0.1, 0.15) is 63.0 Å². The van der Waals surface area contributed by atoms with Crippen LogP contribution in [0.15, 0.2) is 48.5 Å². The first-order chi connectivity index (χ1) is 16.9. The normalized spacial score (nSPS) is 19.7. The minimum absolute atomic E-state index is 0.0581. The van der Waals surface area contributed by atoms with E-state index in [-0.39, 0.29) is 25.0 Å². The lowest BCUT2D eigenvalue weighted by molar-refractivity contribution is -0.149. The van der Waals surface area contributed by atoms with E-state index in [0.29, 0.717) is 32.2 Å². The van der Waals surface area contributed by atoms with E-state index in [4.69, 9.17) is 4.74 Å². The topological polar surface area (TPSA) is 95.9 Å². The average molecular weight is 479 g/mol. The Hall–Kier alpha value is -3.35. The Morgan fingerprint density at radius 2 is 1.69 bits per heavy atom. The van der Waals surface area contributed by atoms with E-state index in [0.717, 1.165) is 28.7 Å². The third-order valence-electron chi connectivity index (χ3n) is 7.36. The molecule has 2 amide bonds. The predicted octanol–water partition coefficient (Wildman–Crippen LogP) is 4.80. The van der Waals surface area contributed by atoms with E-state index in [1.54, 1.807) is 4.90 Å². The van der Waals surface area contributed by atoms with Crippen molar-refractivity contribution in [2.75, 3.05) is 19.7 Å². The number of nitrogens with one attached hydrogen (secondary N) is 1. The maximum atomic E-state index is 13.2. The van der Waals surface area contributed by atoms with Gasteiger partial charge >= 0.3 is 12.1 Å². The summed E-state index contributed by atoms with van der Waals surface area (Å²) in [6.45, 7) is 4.64. The van der Waals surface area contributed by atoms with Crippen LogP contribution in [0.5, 0.6) is 0 Å². The van der Waals surface area contributed by atoms with Crippen LogP contribution in [-0.2, 0) is 14.3 Å². The molecule has 7 nitrogen and oxygen atoms in total. The van der Waals surface area contributed by atoms with Gasteiger partial charge in [0.05, 0.1) is 5.41 Å². The number of nitrogens with zero attached hydrogens (tertiary/aromatic N) is 1. The van der Waals surface area contributed by atoms with Crippen molar-refractivity contribution < 1.29 is 24.2 Å². The van der Waals surface area contributed by atoms with Crippen molar-refractivity contribution in [2.45, 2.75) is 57.9 Å². The maximum absolute atomic E-state index is 13.2. The molecule has 7 heteroatoms. The van der Waals surface area contributed by atoms with Gasteiger partial charge in [-0.1, -0.05) is 75.2 Å². The monoisotopic (exact) mass is 478 g/mol. The van der Waals surface area contributed by atoms with Gasteiger partial charge in [0.15, 0.2) is 0 Å². The zero-order chi connectivity index (χ0) is 25.0. The lowest BCUT2D eigenvalue weighted by atomic mass is 9.83. The summed E-state index contributed by atoms with van der Waals surface area (Å²) in [7, 11) is 0. The molecular weight excluding hydrogens is 444 g/mol. The van der Waals surface area contributed by atoms with Crippen molar-refractivity contribution in [3.8, 4) is 11.1 Å². The summed E-state index contributed by atoms with van der Waals surface area (Å²) in [5, 5.41) is 12.5. The Morgan fingerprint density at radius 3 is 2.26 bits per heavy atom. The second kappa shape index (κ2) is 10.5. The molecule has 2 N–H and O–H groups in total. The highest BCUT2D eigenvalue weighted by Gasteiger charge is 2.46. The summed E-state index contributed by atoms with van der Waals surface area (Å²) in [5.74, 6) is -1.15. The molecule has 2 aromatic rings. The first-order valence-electron chi connectivity index (χ1n) is 12.5. The van der Waals surface area contributed by atoms with Gasteiger partial charge in [-0.15, -0.1) is 0 Å². The molecule has 2 aliphatic rings. The van der Waals surface area contributed by atoms with Crippen molar-refractivity contribution >= 4 is 18.0 Å². The molecule has 1 unspecified atom stereocenters. The molecule has 35 heavy (non-hydrogen) atoms. The average Bonchev–Trinajstić information content (AvgIpc) is 3.43. The number of alkyl carbamates (subject to hydrolysis) is 1. The van der Waals surface area contributed by atoms with E-state index >= 15 is 0 Å². The molecule has 0 bridgehead atoms. The molecule has 2 atom stereocenters. The van der Waals surface area contributed by atoms with Crippen LogP contribution in [0.2, 0.25) is 0 Å². The summed E-state index contributed by atoms with van der Waals surface area (Å²) < 4.78 is 5.63. The number of carboxylic acid groups (broad SMARTS) is 1. The summed E-state index contributed by atoms with van der Waals surface area (Å²) in [6.07, 6.45) is 2.25. The molecule has 186 valence electrons. The molecular formula is C28H34N2O5. The third-order valence-corrected chi connectivity index (χ3v) is 7.36. The van der Waals surface area contributed by atoms with E-state index in [2.05, 4.69) is 29.6 Å². The summed E-state index contributed by atoms with van der Waals surface area (Å²) >= 11 is 0. The Labute approximate surface area is 206 Å². The van der Waals surface area contributed by atoms with Gasteiger partial charge in [-0.05, 0) is 41.5 Å². The lowest BCUT2D eigenvalue weighted by Crippen LogP contribution is -2.49. The third kappa shape index (κ3) is 4.90. The fourth-order valence-corrected chi connectivity index (χ4v) is 5.57. The molecule has 1 fully saturated rings. The van der Waals surface area contributed by atoms with Gasteiger partial charge in [0.2, 0.25) is 5.91 Å². The SMILES string of the molecule is CCC[C@H](NC(=O)OCC1c2ccccc2-c2ccccc21)C(=O)N1CCC(CCC)(C(=O)O)C1. The second-order valence-corrected chi connectivity index (χ2v) is 9.66. The van der Waals surface area contributed by atoms with Gasteiger partial charge in [-0.3, -0.25) is 9.59 Å². The molecule has 1 heterocycles. The van der Waals surface area contributed by atoms with Crippen molar-refractivity contribution in [2.24, 2.45) is 5.41 Å². The number of rotatable bonds is 9. The summed E-state index contributed by atoms with van der Waals surface area (Å²) in [4.78, 5) is 39.5. The quantitative estimate of drug-likeness (QED) is 0.540. The van der Waals surface area contributed by atoms with Crippen LogP contribution < -0.4 is 5.32 Å². The molecule has 4 rings (SSSR count). The first kappa shape index (κ1) is 24.8. The number of aliphatic carboxylic acids is 1. The molecule has 0 radical (unpaired) electrons. The smallest absolute Gasteiger partial charge is 0.407 e. The molecule has 0 saturated carbocycles. The van der Waals surface area contributed by atoms with Crippen LogP contribution in [0.3, 0.4) is 0 Å². The maximum Gasteiger partial charge on any atom is 0.407 e. The standard InChI is InChI=1S/C28H34N2O5/c1-3-9-24(25(31)30-16-15-28(18-30,14-4-2)26(32)33)29-27(34)35-17-23-21-12-7-5-10-19(21)20-11-6-8-13-22(20)23/h5-8,10-13,23-24H,3-4,9,14-18H2,1-2H3,(H,29,34)(H,32,33)/t24-,28?/m0/s1. The lowest BCUT2D eigenvalue weighted by Gasteiger charge is -2.27. The zero-order valence-electron chi connectivity index (χ0n) is 20.5. The fourth-order valence-electron chi connectivity index (χ4n) is 5.57. The van der Waals surface area contributed by atoms with Gasteiger partial charge in [0.1, 0.15) is 12.6 Å². The highest BCUT2D eigenvalue weighted by molar-refractivity contribution is 5.87. The van der Waals surface area contributed by atoms with Gasteiger partial charge in [0.25, 0.3) is 0 Å². The predicted molar refractivity (Wildman–Crippen MR) is 133 cm³/mol. The number of likely N-dealkylation sites (tertiary alicyclic amines) is 1. The highest BCUT2D eigenvalue weighted by atomic mass is 16.5. The van der Waals surface area contributed by atoms with Crippen LogP contribution in [0.25, 0.3) is 11.1 Å². The van der Waals surface area contributed by atoms with Crippen LogP contribution >= 0.6 is 0 Å². The Morgan fingerprint density at radius 1 is 1.06 bits per heavy atom. The van der Waals surface area contributed by atoms with E-state index in [1.165, 1.54) is 0 Å². The Kier molecular flexibility index (Phi) is 7.43. The molecule has 0 spiro atoms. The minimum atomic E-state index is -0.898. The molecule has 0 aromatic heterocycles. The van der Waals surface area contributed by atoms with Gasteiger partial charge in [-0.2, -0.15) is 0 Å². The molecule has 1 aliphatic heterocycles. The largest absolute Gasteiger partial charge is 0.481 e. The number of carbonyl (C=O) groups excluding carboxylic acids is 2. The Bertz CT molecular complexity index is 1050. The number of ether oxygens (including phenoxy) is 1. The van der Waals surface area contributed by atoms with E-state index in [1.807, 2.05) is 38.1 Å². The number of carboxylic acids is 1. The van der Waals surface area contributed by atoms with Crippen molar-refractivity contribution in [1.82, 2.24) is 10.2 Å². The summed E-state index contributed by atoms with van der Waals surface area (Å²) in [5.41, 5.74) is 3.66. The zero-order valence-corrected chi connectivity index (χ0v) is 20.5. The van der Waals surface area contributed by atoms with Crippen molar-refractivity contribution in [3.63, 3.8) is 0 Å².